The number of fused-ring (bicyclic) bond motifs is 3. The van der Waals surface area contributed by atoms with Crippen LogP contribution in [0.4, 0.5) is 0 Å². The Morgan fingerprint density at radius 3 is 2.41 bits per heavy atom. The highest BCUT2D eigenvalue weighted by Crippen LogP contribution is 2.51. The molecule has 17 heavy (non-hydrogen) atoms. The van der Waals surface area contributed by atoms with E-state index in [0.29, 0.717) is 17.4 Å². The predicted octanol–water partition coefficient (Wildman–Crippen LogP) is 3.02. The van der Waals surface area contributed by atoms with Crippen molar-refractivity contribution in [3.63, 3.8) is 0 Å². The highest BCUT2D eigenvalue weighted by Gasteiger charge is 2.50. The summed E-state index contributed by atoms with van der Waals surface area (Å²) in [6, 6.07) is 0. The van der Waals surface area contributed by atoms with Crippen LogP contribution in [0, 0.1) is 17.8 Å². The SMILES string of the molecule is C=C1C(=O)OC2C1CCC(=C)C1CCC(=C)C12. The molecule has 0 radical (unpaired) electrons. The Bertz CT molecular complexity index is 432. The van der Waals surface area contributed by atoms with E-state index in [4.69, 9.17) is 4.74 Å². The molecule has 1 heterocycles. The maximum atomic E-state index is 11.7. The molecule has 0 aromatic rings. The molecule has 1 saturated heterocycles. The zero-order valence-electron chi connectivity index (χ0n) is 10.1. The summed E-state index contributed by atoms with van der Waals surface area (Å²) >= 11 is 0. The van der Waals surface area contributed by atoms with Gasteiger partial charge in [0.25, 0.3) is 0 Å². The molecule has 90 valence electrons. The number of hydrogen-bond acceptors (Lipinski definition) is 2. The highest BCUT2D eigenvalue weighted by atomic mass is 16.6. The van der Waals surface area contributed by atoms with Crippen LogP contribution in [-0.2, 0) is 9.53 Å². The fourth-order valence-corrected chi connectivity index (χ4v) is 3.71. The third-order valence-electron chi connectivity index (χ3n) is 4.69. The zero-order valence-corrected chi connectivity index (χ0v) is 10.1. The Morgan fingerprint density at radius 1 is 1.00 bits per heavy atom. The number of ether oxygens (including phenoxy) is 1. The van der Waals surface area contributed by atoms with Crippen LogP contribution in [0.1, 0.15) is 25.7 Å². The van der Waals surface area contributed by atoms with E-state index in [1.807, 2.05) is 0 Å². The molecular formula is C15H18O2. The second-order valence-electron chi connectivity index (χ2n) is 5.53. The van der Waals surface area contributed by atoms with Crippen molar-refractivity contribution in [2.24, 2.45) is 17.8 Å². The van der Waals surface area contributed by atoms with Crippen LogP contribution in [0.2, 0.25) is 0 Å². The van der Waals surface area contributed by atoms with Gasteiger partial charge >= 0.3 is 5.97 Å². The number of esters is 1. The predicted molar refractivity (Wildman–Crippen MR) is 66.2 cm³/mol. The minimum atomic E-state index is -0.203. The molecular weight excluding hydrogens is 212 g/mol. The number of hydrogen-bond donors (Lipinski definition) is 0. The van der Waals surface area contributed by atoms with Crippen LogP contribution < -0.4 is 0 Å². The lowest BCUT2D eigenvalue weighted by atomic mass is 9.82. The first kappa shape index (κ1) is 10.8. The van der Waals surface area contributed by atoms with E-state index in [2.05, 4.69) is 19.7 Å². The van der Waals surface area contributed by atoms with Crippen molar-refractivity contribution < 1.29 is 9.53 Å². The third-order valence-corrected chi connectivity index (χ3v) is 4.69. The van der Waals surface area contributed by atoms with Gasteiger partial charge in [-0.05, 0) is 31.6 Å². The summed E-state index contributed by atoms with van der Waals surface area (Å²) in [5, 5.41) is 0. The average molecular weight is 230 g/mol. The molecule has 0 aromatic heterocycles. The van der Waals surface area contributed by atoms with E-state index in [0.717, 1.165) is 25.7 Å². The van der Waals surface area contributed by atoms with E-state index in [-0.39, 0.29) is 18.0 Å². The molecule has 2 nitrogen and oxygen atoms in total. The van der Waals surface area contributed by atoms with Gasteiger partial charge in [0.1, 0.15) is 6.10 Å². The molecule has 2 saturated carbocycles. The highest BCUT2D eigenvalue weighted by molar-refractivity contribution is 5.91. The van der Waals surface area contributed by atoms with Crippen molar-refractivity contribution in [1.29, 1.82) is 0 Å². The topological polar surface area (TPSA) is 26.3 Å². The van der Waals surface area contributed by atoms with Crippen LogP contribution in [0.3, 0.4) is 0 Å². The molecule has 4 unspecified atom stereocenters. The summed E-state index contributed by atoms with van der Waals surface area (Å²) in [5.74, 6) is 0.740. The van der Waals surface area contributed by atoms with Gasteiger partial charge in [-0.15, -0.1) is 0 Å². The standard InChI is InChI=1S/C15H18O2/c1-8-4-7-12-10(3)15(16)17-14(12)13-9(2)5-6-11(8)13/h11-14H,1-7H2. The van der Waals surface area contributed by atoms with Crippen molar-refractivity contribution in [3.05, 3.63) is 36.5 Å². The van der Waals surface area contributed by atoms with Gasteiger partial charge in [-0.2, -0.15) is 0 Å². The fraction of sp³-hybridized carbons (Fsp3) is 0.533. The van der Waals surface area contributed by atoms with E-state index in [9.17, 15) is 4.79 Å². The lowest BCUT2D eigenvalue weighted by Gasteiger charge is -2.26. The maximum Gasteiger partial charge on any atom is 0.334 e. The second-order valence-corrected chi connectivity index (χ2v) is 5.53. The van der Waals surface area contributed by atoms with Crippen LogP contribution in [-0.4, -0.2) is 12.1 Å². The summed E-state index contributed by atoms with van der Waals surface area (Å²) in [6.07, 6.45) is 4.09. The van der Waals surface area contributed by atoms with E-state index in [1.54, 1.807) is 0 Å². The number of allylic oxidation sites excluding steroid dienone is 1. The van der Waals surface area contributed by atoms with E-state index >= 15 is 0 Å². The lowest BCUT2D eigenvalue weighted by molar-refractivity contribution is -0.141. The molecule has 2 heteroatoms. The summed E-state index contributed by atoms with van der Waals surface area (Å²) in [7, 11) is 0. The summed E-state index contributed by atoms with van der Waals surface area (Å²) in [4.78, 5) is 11.7. The molecule has 0 bridgehead atoms. The first-order valence-corrected chi connectivity index (χ1v) is 6.34. The molecule has 3 fully saturated rings. The van der Waals surface area contributed by atoms with Crippen LogP contribution in [0.15, 0.2) is 36.5 Å². The van der Waals surface area contributed by atoms with Crippen molar-refractivity contribution >= 4 is 5.97 Å². The Kier molecular flexibility index (Phi) is 2.29. The summed E-state index contributed by atoms with van der Waals surface area (Å²) in [6.45, 7) is 12.3. The molecule has 3 rings (SSSR count). The molecule has 3 aliphatic rings. The van der Waals surface area contributed by atoms with E-state index < -0.39 is 0 Å². The zero-order chi connectivity index (χ0) is 12.2. The van der Waals surface area contributed by atoms with Crippen LogP contribution in [0.5, 0.6) is 0 Å². The molecule has 0 spiro atoms. The molecule has 4 atom stereocenters. The summed E-state index contributed by atoms with van der Waals surface area (Å²) < 4.78 is 5.55. The van der Waals surface area contributed by atoms with Gasteiger partial charge in [0.05, 0.1) is 0 Å². The van der Waals surface area contributed by atoms with Gasteiger partial charge in [0.15, 0.2) is 0 Å². The van der Waals surface area contributed by atoms with Gasteiger partial charge in [-0.1, -0.05) is 30.9 Å². The number of rotatable bonds is 0. The van der Waals surface area contributed by atoms with Gasteiger partial charge in [-0.25, -0.2) is 4.79 Å². The summed E-state index contributed by atoms with van der Waals surface area (Å²) in [5.41, 5.74) is 3.20. The lowest BCUT2D eigenvalue weighted by Crippen LogP contribution is -2.28. The average Bonchev–Trinajstić information content (AvgIpc) is 2.75. The van der Waals surface area contributed by atoms with Gasteiger partial charge in [0.2, 0.25) is 0 Å². The largest absolute Gasteiger partial charge is 0.458 e. The Morgan fingerprint density at radius 2 is 1.65 bits per heavy atom. The van der Waals surface area contributed by atoms with Crippen LogP contribution >= 0.6 is 0 Å². The van der Waals surface area contributed by atoms with Gasteiger partial charge < -0.3 is 4.74 Å². The second kappa shape index (κ2) is 3.59. The van der Waals surface area contributed by atoms with Crippen molar-refractivity contribution in [2.75, 3.05) is 0 Å². The monoisotopic (exact) mass is 230 g/mol. The molecule has 0 N–H and O–H groups in total. The molecule has 0 aromatic carbocycles. The minimum absolute atomic E-state index is 0.0192. The Balaban J connectivity index is 2.00. The number of carbonyl (C=O) groups is 1. The fourth-order valence-electron chi connectivity index (χ4n) is 3.71. The van der Waals surface area contributed by atoms with Gasteiger partial charge in [-0.3, -0.25) is 0 Å². The minimum Gasteiger partial charge on any atom is -0.458 e. The van der Waals surface area contributed by atoms with Crippen molar-refractivity contribution in [1.82, 2.24) is 0 Å². The number of carbonyl (C=O) groups excluding carboxylic acids is 1. The normalized spacial score (nSPS) is 40.9. The molecule has 2 aliphatic carbocycles. The molecule has 0 amide bonds. The van der Waals surface area contributed by atoms with E-state index in [1.165, 1.54) is 11.1 Å². The smallest absolute Gasteiger partial charge is 0.334 e. The molecule has 1 aliphatic heterocycles. The van der Waals surface area contributed by atoms with Crippen molar-refractivity contribution in [2.45, 2.75) is 31.8 Å². The van der Waals surface area contributed by atoms with Crippen LogP contribution in [0.25, 0.3) is 0 Å². The maximum absolute atomic E-state index is 11.7. The van der Waals surface area contributed by atoms with Gasteiger partial charge in [0, 0.05) is 17.4 Å². The third kappa shape index (κ3) is 1.43. The Hall–Kier alpha value is -1.31. The first-order chi connectivity index (χ1) is 8.09. The quantitative estimate of drug-likeness (QED) is 0.363. The first-order valence-electron chi connectivity index (χ1n) is 6.34. The Labute approximate surface area is 102 Å². The van der Waals surface area contributed by atoms with Crippen molar-refractivity contribution in [3.8, 4) is 0 Å².